The van der Waals surface area contributed by atoms with Crippen LogP contribution < -0.4 is 16.4 Å². The molecule has 0 radical (unpaired) electrons. The van der Waals surface area contributed by atoms with E-state index in [1.807, 2.05) is 13.8 Å². The van der Waals surface area contributed by atoms with Crippen molar-refractivity contribution in [3.05, 3.63) is 0 Å². The standard InChI is InChI=1S/C15H29N3O4/c1-11(2)9-12(15(21)17-10-14(20)22-3)18-13(19)7-5-4-6-8-16/h11-12H,4-10,16H2,1-3H3,(H,17,21)(H,18,19)/t12-/m0/s1. The highest BCUT2D eigenvalue weighted by molar-refractivity contribution is 5.89. The molecule has 0 saturated carbocycles. The van der Waals surface area contributed by atoms with Gasteiger partial charge >= 0.3 is 5.97 Å². The molecule has 0 aromatic carbocycles. The third-order valence-corrected chi connectivity index (χ3v) is 3.10. The second kappa shape index (κ2) is 12.0. The number of nitrogens with two attached hydrogens (primary N) is 1. The lowest BCUT2D eigenvalue weighted by atomic mass is 10.0. The molecule has 0 aromatic rings. The van der Waals surface area contributed by atoms with Gasteiger partial charge in [-0.1, -0.05) is 20.3 Å². The topological polar surface area (TPSA) is 111 Å². The first-order chi connectivity index (χ1) is 10.4. The zero-order chi connectivity index (χ0) is 17.0. The van der Waals surface area contributed by atoms with Crippen LogP contribution >= 0.6 is 0 Å². The van der Waals surface area contributed by atoms with Crippen LogP contribution in [0, 0.1) is 5.92 Å². The summed E-state index contributed by atoms with van der Waals surface area (Å²) in [6.45, 7) is 4.35. The van der Waals surface area contributed by atoms with Gasteiger partial charge in [-0.15, -0.1) is 0 Å². The van der Waals surface area contributed by atoms with Crippen LogP contribution in [0.4, 0.5) is 0 Å². The Morgan fingerprint density at radius 3 is 2.36 bits per heavy atom. The second-order valence-electron chi connectivity index (χ2n) is 5.64. The monoisotopic (exact) mass is 315 g/mol. The molecule has 0 rings (SSSR count). The van der Waals surface area contributed by atoms with E-state index >= 15 is 0 Å². The Balaban J connectivity index is 4.34. The summed E-state index contributed by atoms with van der Waals surface area (Å²) in [5.41, 5.74) is 5.40. The normalized spacial score (nSPS) is 11.9. The van der Waals surface area contributed by atoms with Crippen LogP contribution in [0.5, 0.6) is 0 Å². The lowest BCUT2D eigenvalue weighted by molar-refractivity contribution is -0.141. The van der Waals surface area contributed by atoms with Gasteiger partial charge in [0.15, 0.2) is 0 Å². The van der Waals surface area contributed by atoms with E-state index in [4.69, 9.17) is 5.73 Å². The Labute approximate surface area is 132 Å². The number of ether oxygens (including phenoxy) is 1. The van der Waals surface area contributed by atoms with Crippen LogP contribution in [-0.4, -0.2) is 44.0 Å². The highest BCUT2D eigenvalue weighted by Gasteiger charge is 2.22. The summed E-state index contributed by atoms with van der Waals surface area (Å²) < 4.78 is 4.47. The predicted octanol–water partition coefficient (Wildman–Crippen LogP) is 0.326. The van der Waals surface area contributed by atoms with Crippen LogP contribution in [0.2, 0.25) is 0 Å². The van der Waals surface area contributed by atoms with E-state index in [1.54, 1.807) is 0 Å². The summed E-state index contributed by atoms with van der Waals surface area (Å²) in [6.07, 6.45) is 3.43. The van der Waals surface area contributed by atoms with Crippen molar-refractivity contribution in [1.29, 1.82) is 0 Å². The van der Waals surface area contributed by atoms with Crippen LogP contribution in [0.1, 0.15) is 46.0 Å². The molecule has 0 spiro atoms. The molecule has 0 aromatic heterocycles. The van der Waals surface area contributed by atoms with Crippen LogP contribution in [0.25, 0.3) is 0 Å². The minimum Gasteiger partial charge on any atom is -0.468 e. The largest absolute Gasteiger partial charge is 0.468 e. The molecular weight excluding hydrogens is 286 g/mol. The molecule has 0 aliphatic heterocycles. The molecule has 128 valence electrons. The molecular formula is C15H29N3O4. The van der Waals surface area contributed by atoms with Gasteiger partial charge in [0, 0.05) is 6.42 Å². The fraction of sp³-hybridized carbons (Fsp3) is 0.800. The van der Waals surface area contributed by atoms with Crippen molar-refractivity contribution in [3.8, 4) is 0 Å². The summed E-state index contributed by atoms with van der Waals surface area (Å²) in [6, 6.07) is -0.633. The Kier molecular flexibility index (Phi) is 11.1. The second-order valence-corrected chi connectivity index (χ2v) is 5.64. The first-order valence-corrected chi connectivity index (χ1v) is 7.74. The maximum Gasteiger partial charge on any atom is 0.325 e. The van der Waals surface area contributed by atoms with Gasteiger partial charge in [0.05, 0.1) is 7.11 Å². The number of carbonyl (C=O) groups excluding carboxylic acids is 3. The molecule has 7 heteroatoms. The van der Waals surface area contributed by atoms with Gasteiger partial charge in [0.1, 0.15) is 12.6 Å². The molecule has 0 aliphatic carbocycles. The lowest BCUT2D eigenvalue weighted by Crippen LogP contribution is -2.48. The first-order valence-electron chi connectivity index (χ1n) is 7.74. The van der Waals surface area contributed by atoms with Crippen molar-refractivity contribution < 1.29 is 19.1 Å². The number of unbranched alkanes of at least 4 members (excludes halogenated alkanes) is 2. The van der Waals surface area contributed by atoms with Crippen molar-refractivity contribution in [3.63, 3.8) is 0 Å². The fourth-order valence-electron chi connectivity index (χ4n) is 1.93. The summed E-state index contributed by atoms with van der Waals surface area (Å²) in [5, 5.41) is 5.21. The van der Waals surface area contributed by atoms with Crippen molar-refractivity contribution in [2.75, 3.05) is 20.2 Å². The minimum atomic E-state index is -0.633. The predicted molar refractivity (Wildman–Crippen MR) is 83.9 cm³/mol. The van der Waals surface area contributed by atoms with Gasteiger partial charge in [-0.3, -0.25) is 14.4 Å². The summed E-state index contributed by atoms with van der Waals surface area (Å²) in [4.78, 5) is 35.0. The zero-order valence-electron chi connectivity index (χ0n) is 13.8. The third-order valence-electron chi connectivity index (χ3n) is 3.10. The number of rotatable bonds is 11. The van der Waals surface area contributed by atoms with Crippen molar-refractivity contribution >= 4 is 17.8 Å². The average Bonchev–Trinajstić information content (AvgIpc) is 2.47. The number of carbonyl (C=O) groups is 3. The minimum absolute atomic E-state index is 0.157. The zero-order valence-corrected chi connectivity index (χ0v) is 13.8. The fourth-order valence-corrected chi connectivity index (χ4v) is 1.93. The molecule has 0 fully saturated rings. The van der Waals surface area contributed by atoms with E-state index in [9.17, 15) is 14.4 Å². The molecule has 7 nitrogen and oxygen atoms in total. The average molecular weight is 315 g/mol. The highest BCUT2D eigenvalue weighted by atomic mass is 16.5. The molecule has 2 amide bonds. The van der Waals surface area contributed by atoms with Crippen LogP contribution in [-0.2, 0) is 19.1 Å². The molecule has 0 unspecified atom stereocenters. The van der Waals surface area contributed by atoms with E-state index in [1.165, 1.54) is 7.11 Å². The number of esters is 1. The number of hydrogen-bond acceptors (Lipinski definition) is 5. The number of methoxy groups -OCH3 is 1. The Hall–Kier alpha value is -1.63. The third kappa shape index (κ3) is 10.1. The molecule has 0 saturated heterocycles. The molecule has 0 aliphatic rings. The lowest BCUT2D eigenvalue weighted by Gasteiger charge is -2.20. The number of amides is 2. The molecule has 4 N–H and O–H groups in total. The van der Waals surface area contributed by atoms with Crippen molar-refractivity contribution in [1.82, 2.24) is 10.6 Å². The summed E-state index contributed by atoms with van der Waals surface area (Å²) in [5.74, 6) is -0.804. The Morgan fingerprint density at radius 2 is 1.82 bits per heavy atom. The van der Waals surface area contributed by atoms with Crippen LogP contribution in [0.3, 0.4) is 0 Å². The smallest absolute Gasteiger partial charge is 0.325 e. The van der Waals surface area contributed by atoms with E-state index in [2.05, 4.69) is 15.4 Å². The van der Waals surface area contributed by atoms with E-state index in [0.29, 0.717) is 19.4 Å². The van der Waals surface area contributed by atoms with Gasteiger partial charge in [0.2, 0.25) is 11.8 Å². The summed E-state index contributed by atoms with van der Waals surface area (Å²) >= 11 is 0. The molecule has 0 heterocycles. The van der Waals surface area contributed by atoms with Gasteiger partial charge < -0.3 is 21.1 Å². The van der Waals surface area contributed by atoms with Gasteiger partial charge in [-0.25, -0.2) is 0 Å². The Morgan fingerprint density at radius 1 is 1.14 bits per heavy atom. The van der Waals surface area contributed by atoms with E-state index in [0.717, 1.165) is 19.3 Å². The molecule has 22 heavy (non-hydrogen) atoms. The first kappa shape index (κ1) is 20.4. The maximum absolute atomic E-state index is 12.1. The van der Waals surface area contributed by atoms with Crippen molar-refractivity contribution in [2.24, 2.45) is 11.7 Å². The molecule has 1 atom stereocenters. The maximum atomic E-state index is 12.1. The quantitative estimate of drug-likeness (QED) is 0.376. The van der Waals surface area contributed by atoms with Crippen molar-refractivity contribution in [2.45, 2.75) is 52.0 Å². The number of hydrogen-bond donors (Lipinski definition) is 3. The summed E-state index contributed by atoms with van der Waals surface area (Å²) in [7, 11) is 1.25. The Bertz CT molecular complexity index is 359. The highest BCUT2D eigenvalue weighted by Crippen LogP contribution is 2.06. The van der Waals surface area contributed by atoms with Gasteiger partial charge in [-0.2, -0.15) is 0 Å². The van der Waals surface area contributed by atoms with Gasteiger partial charge in [-0.05, 0) is 31.7 Å². The van der Waals surface area contributed by atoms with Crippen LogP contribution in [0.15, 0.2) is 0 Å². The van der Waals surface area contributed by atoms with E-state index < -0.39 is 12.0 Å². The van der Waals surface area contributed by atoms with Gasteiger partial charge in [0.25, 0.3) is 0 Å². The SMILES string of the molecule is COC(=O)CNC(=O)[C@H](CC(C)C)NC(=O)CCCCCN. The van der Waals surface area contributed by atoms with E-state index in [-0.39, 0.29) is 24.3 Å². The number of nitrogens with one attached hydrogen (secondary N) is 2. The molecule has 0 bridgehead atoms.